The highest BCUT2D eigenvalue weighted by Gasteiger charge is 2.38. The van der Waals surface area contributed by atoms with E-state index >= 15 is 0 Å². The van der Waals surface area contributed by atoms with Crippen LogP contribution in [0.15, 0.2) is 36.9 Å². The first-order valence-corrected chi connectivity index (χ1v) is 12.1. The highest BCUT2D eigenvalue weighted by atomic mass is 35.5. The molecule has 4 heterocycles. The number of piperidine rings is 1. The molecule has 33 heavy (non-hydrogen) atoms. The quantitative estimate of drug-likeness (QED) is 0.550. The number of rotatable bonds is 5. The Morgan fingerprint density at radius 3 is 2.48 bits per heavy atom. The molecule has 2 N–H and O–H groups in total. The molecular weight excluding hydrogens is 436 g/mol. The molecule has 3 aromatic rings. The Labute approximate surface area is 199 Å². The highest BCUT2D eigenvalue weighted by molar-refractivity contribution is 6.32. The molecule has 0 aromatic carbocycles. The van der Waals surface area contributed by atoms with Crippen molar-refractivity contribution in [3.63, 3.8) is 0 Å². The van der Waals surface area contributed by atoms with Crippen molar-refractivity contribution in [1.82, 2.24) is 24.7 Å². The summed E-state index contributed by atoms with van der Waals surface area (Å²) in [6.07, 6.45) is 14.5. The van der Waals surface area contributed by atoms with Crippen molar-refractivity contribution in [3.05, 3.63) is 47.5 Å². The van der Waals surface area contributed by atoms with Crippen LogP contribution in [-0.2, 0) is 7.05 Å². The summed E-state index contributed by atoms with van der Waals surface area (Å²) in [6, 6.07) is 4.68. The van der Waals surface area contributed by atoms with Gasteiger partial charge in [-0.25, -0.2) is 9.97 Å². The van der Waals surface area contributed by atoms with Gasteiger partial charge in [0, 0.05) is 38.6 Å². The van der Waals surface area contributed by atoms with Gasteiger partial charge in [0.2, 0.25) is 5.95 Å². The van der Waals surface area contributed by atoms with E-state index in [1.54, 1.807) is 17.1 Å². The zero-order valence-electron chi connectivity index (χ0n) is 19.3. The molecule has 0 atom stereocenters. The van der Waals surface area contributed by atoms with E-state index in [1.807, 2.05) is 19.4 Å². The highest BCUT2D eigenvalue weighted by Crippen LogP contribution is 2.45. The summed E-state index contributed by atoms with van der Waals surface area (Å²) in [7, 11) is 1.87. The number of hydrogen-bond donors (Lipinski definition) is 2. The first-order valence-electron chi connectivity index (χ1n) is 11.7. The van der Waals surface area contributed by atoms with E-state index < -0.39 is 0 Å². The molecule has 0 radical (unpaired) electrons. The second-order valence-electron chi connectivity index (χ2n) is 9.52. The number of aromatic nitrogens is 5. The Morgan fingerprint density at radius 1 is 1.03 bits per heavy atom. The summed E-state index contributed by atoms with van der Waals surface area (Å²) < 4.78 is 1.73. The van der Waals surface area contributed by atoms with Crippen molar-refractivity contribution in [2.75, 3.05) is 28.6 Å². The van der Waals surface area contributed by atoms with Gasteiger partial charge in [-0.15, -0.1) is 0 Å². The Kier molecular flexibility index (Phi) is 6.10. The molecule has 2 aliphatic rings. The fraction of sp³-hybridized carbons (Fsp3) is 0.500. The predicted octanol–water partition coefficient (Wildman–Crippen LogP) is 4.95. The van der Waals surface area contributed by atoms with Crippen molar-refractivity contribution < 1.29 is 0 Å². The lowest BCUT2D eigenvalue weighted by atomic mass is 9.67. The van der Waals surface area contributed by atoms with Gasteiger partial charge < -0.3 is 15.5 Å². The molecule has 9 heteroatoms. The maximum absolute atomic E-state index is 6.41. The van der Waals surface area contributed by atoms with Gasteiger partial charge in [-0.1, -0.05) is 17.7 Å². The van der Waals surface area contributed by atoms with E-state index in [-0.39, 0.29) is 0 Å². The zero-order chi connectivity index (χ0) is 22.8. The third kappa shape index (κ3) is 5.05. The second-order valence-corrected chi connectivity index (χ2v) is 9.92. The summed E-state index contributed by atoms with van der Waals surface area (Å²) >= 11 is 6.41. The normalized spacial score (nSPS) is 18.5. The van der Waals surface area contributed by atoms with Gasteiger partial charge >= 0.3 is 0 Å². The Morgan fingerprint density at radius 2 is 1.82 bits per heavy atom. The van der Waals surface area contributed by atoms with Crippen LogP contribution in [0, 0.1) is 12.3 Å². The van der Waals surface area contributed by atoms with Crippen LogP contribution in [0.3, 0.4) is 0 Å². The number of nitrogens with one attached hydrogen (secondary N) is 2. The van der Waals surface area contributed by atoms with E-state index in [0.717, 1.165) is 37.4 Å². The molecule has 1 saturated carbocycles. The summed E-state index contributed by atoms with van der Waals surface area (Å²) in [5.74, 6) is 2.32. The molecule has 8 nitrogen and oxygen atoms in total. The molecule has 1 saturated heterocycles. The maximum Gasteiger partial charge on any atom is 0.229 e. The first kappa shape index (κ1) is 21.9. The maximum atomic E-state index is 6.41. The summed E-state index contributed by atoms with van der Waals surface area (Å²) in [5, 5.41) is 11.5. The molecule has 0 amide bonds. The van der Waals surface area contributed by atoms with Gasteiger partial charge in [-0.05, 0) is 62.5 Å². The zero-order valence-corrected chi connectivity index (χ0v) is 20.0. The molecule has 2 fully saturated rings. The summed E-state index contributed by atoms with van der Waals surface area (Å²) in [5.41, 5.74) is 2.52. The third-order valence-electron chi connectivity index (χ3n) is 7.14. The monoisotopic (exact) mass is 466 g/mol. The number of nitrogens with zero attached hydrogens (tertiary/aromatic N) is 6. The Hall–Kier alpha value is -2.87. The molecule has 1 aliphatic carbocycles. The standard InChI is InChI=1S/C24H31ClN8/c1-17-3-4-21(26-13-17)33-11-9-24(10-12-33)7-5-18(6-8-24)29-22-20(25)15-27-23(31-22)30-19-14-28-32(2)16-19/h3-4,13-16,18H,5-12H2,1-2H3,(H2,27,29,30,31). The van der Waals surface area contributed by atoms with Crippen molar-refractivity contribution in [1.29, 1.82) is 0 Å². The van der Waals surface area contributed by atoms with Gasteiger partial charge in [0.15, 0.2) is 5.82 Å². The second kappa shape index (κ2) is 9.17. The SMILES string of the molecule is Cc1ccc(N2CCC3(CCC(Nc4nc(Nc5cnn(C)c5)ncc4Cl)CC3)CC2)nc1. The van der Waals surface area contributed by atoms with Crippen LogP contribution in [0.4, 0.5) is 23.3 Å². The van der Waals surface area contributed by atoms with Crippen LogP contribution >= 0.6 is 11.6 Å². The number of pyridine rings is 1. The first-order chi connectivity index (χ1) is 16.0. The average molecular weight is 467 g/mol. The molecule has 174 valence electrons. The van der Waals surface area contributed by atoms with Crippen molar-refractivity contribution in [2.45, 2.75) is 51.5 Å². The minimum atomic E-state index is 0.381. The van der Waals surface area contributed by atoms with Crippen LogP contribution in [0.25, 0.3) is 0 Å². The average Bonchev–Trinajstić information content (AvgIpc) is 3.23. The molecule has 0 unspecified atom stereocenters. The van der Waals surface area contributed by atoms with Gasteiger partial charge in [0.05, 0.1) is 18.1 Å². The lowest BCUT2D eigenvalue weighted by Gasteiger charge is -2.46. The minimum absolute atomic E-state index is 0.381. The molecular formula is C24H31ClN8. The lowest BCUT2D eigenvalue weighted by Crippen LogP contribution is -2.43. The van der Waals surface area contributed by atoms with Crippen molar-refractivity contribution in [2.24, 2.45) is 12.5 Å². The number of aryl methyl sites for hydroxylation is 2. The van der Waals surface area contributed by atoms with Gasteiger partial charge in [-0.3, -0.25) is 4.68 Å². The van der Waals surface area contributed by atoms with E-state index in [9.17, 15) is 0 Å². The van der Waals surface area contributed by atoms with Crippen LogP contribution in [-0.4, -0.2) is 43.9 Å². The van der Waals surface area contributed by atoms with Crippen LogP contribution < -0.4 is 15.5 Å². The predicted molar refractivity (Wildman–Crippen MR) is 132 cm³/mol. The Balaban J connectivity index is 1.16. The number of anilines is 4. The smallest absolute Gasteiger partial charge is 0.229 e. The van der Waals surface area contributed by atoms with Crippen LogP contribution in [0.1, 0.15) is 44.1 Å². The molecule has 1 aliphatic heterocycles. The van der Waals surface area contributed by atoms with Gasteiger partial charge in [-0.2, -0.15) is 10.1 Å². The molecule has 3 aromatic heterocycles. The summed E-state index contributed by atoms with van der Waals surface area (Å²) in [6.45, 7) is 4.27. The fourth-order valence-corrected chi connectivity index (χ4v) is 5.21. The third-order valence-corrected chi connectivity index (χ3v) is 7.41. The van der Waals surface area contributed by atoms with Crippen molar-refractivity contribution >= 4 is 34.9 Å². The minimum Gasteiger partial charge on any atom is -0.366 e. The van der Waals surface area contributed by atoms with E-state index in [2.05, 4.69) is 54.6 Å². The molecule has 1 spiro atoms. The fourth-order valence-electron chi connectivity index (χ4n) is 5.07. The van der Waals surface area contributed by atoms with E-state index in [0.29, 0.717) is 28.2 Å². The van der Waals surface area contributed by atoms with Crippen molar-refractivity contribution in [3.8, 4) is 0 Å². The largest absolute Gasteiger partial charge is 0.366 e. The summed E-state index contributed by atoms with van der Waals surface area (Å²) in [4.78, 5) is 16.0. The van der Waals surface area contributed by atoms with Crippen LogP contribution in [0.5, 0.6) is 0 Å². The molecule has 5 rings (SSSR count). The Bertz CT molecular complexity index is 1080. The van der Waals surface area contributed by atoms with Crippen LogP contribution in [0.2, 0.25) is 5.02 Å². The number of hydrogen-bond acceptors (Lipinski definition) is 7. The lowest BCUT2D eigenvalue weighted by molar-refractivity contribution is 0.137. The topological polar surface area (TPSA) is 83.8 Å². The van der Waals surface area contributed by atoms with Gasteiger partial charge in [0.25, 0.3) is 0 Å². The van der Waals surface area contributed by atoms with E-state index in [4.69, 9.17) is 11.6 Å². The number of halogens is 1. The van der Waals surface area contributed by atoms with Gasteiger partial charge in [0.1, 0.15) is 10.8 Å². The molecule has 0 bridgehead atoms. The van der Waals surface area contributed by atoms with E-state index in [1.165, 1.54) is 31.2 Å².